The van der Waals surface area contributed by atoms with Crippen molar-refractivity contribution in [3.63, 3.8) is 0 Å². The van der Waals surface area contributed by atoms with Gasteiger partial charge in [0.25, 0.3) is 0 Å². The minimum Gasteiger partial charge on any atom is -0.345 e. The lowest BCUT2D eigenvalue weighted by Gasteiger charge is -2.35. The molecule has 3 aliphatic heterocycles. The van der Waals surface area contributed by atoms with Gasteiger partial charge in [0, 0.05) is 38.3 Å². The largest absolute Gasteiger partial charge is 0.345 e. The fourth-order valence-electron chi connectivity index (χ4n) is 3.80. The summed E-state index contributed by atoms with van der Waals surface area (Å²) in [6.07, 6.45) is 5.39. The van der Waals surface area contributed by atoms with Crippen LogP contribution >= 0.6 is 0 Å². The second-order valence-electron chi connectivity index (χ2n) is 6.42. The van der Waals surface area contributed by atoms with Crippen molar-refractivity contribution in [2.45, 2.75) is 44.2 Å². The Labute approximate surface area is 126 Å². The van der Waals surface area contributed by atoms with Gasteiger partial charge in [-0.05, 0) is 45.2 Å². The molecule has 3 fully saturated rings. The number of rotatable bonds is 1. The van der Waals surface area contributed by atoms with Gasteiger partial charge in [-0.1, -0.05) is 0 Å². The van der Waals surface area contributed by atoms with E-state index in [9.17, 15) is 9.59 Å². The van der Waals surface area contributed by atoms with Gasteiger partial charge in [0.05, 0.1) is 0 Å². The smallest absolute Gasteiger partial charge is 0.311 e. The molecule has 0 bridgehead atoms. The van der Waals surface area contributed by atoms with Crippen LogP contribution in [0.1, 0.15) is 32.1 Å². The number of amides is 2. The van der Waals surface area contributed by atoms with Crippen LogP contribution in [0.4, 0.5) is 0 Å². The van der Waals surface area contributed by atoms with E-state index in [1.54, 1.807) is 4.90 Å². The van der Waals surface area contributed by atoms with E-state index < -0.39 is 5.91 Å². The fourth-order valence-corrected chi connectivity index (χ4v) is 3.80. The zero-order chi connectivity index (χ0) is 14.7. The van der Waals surface area contributed by atoms with Crippen LogP contribution in [0.2, 0.25) is 0 Å². The highest BCUT2D eigenvalue weighted by molar-refractivity contribution is 6.35. The number of carbonyl (C=O) groups is 2. The summed E-state index contributed by atoms with van der Waals surface area (Å²) >= 11 is 0. The predicted molar refractivity (Wildman–Crippen MR) is 79.8 cm³/mol. The van der Waals surface area contributed by atoms with Gasteiger partial charge in [-0.25, -0.2) is 0 Å². The first kappa shape index (κ1) is 14.8. The average Bonchev–Trinajstić information content (AvgIpc) is 2.78. The van der Waals surface area contributed by atoms with E-state index in [1.165, 1.54) is 19.4 Å². The monoisotopic (exact) mass is 294 g/mol. The fraction of sp³-hybridized carbons (Fsp3) is 0.867. The number of carbonyl (C=O) groups excluding carboxylic acids is 2. The lowest BCUT2D eigenvalue weighted by molar-refractivity contribution is -0.146. The Morgan fingerprint density at radius 1 is 1.00 bits per heavy atom. The molecule has 0 aromatic carbocycles. The van der Waals surface area contributed by atoms with Crippen LogP contribution in [0.25, 0.3) is 0 Å². The highest BCUT2D eigenvalue weighted by Gasteiger charge is 2.33. The van der Waals surface area contributed by atoms with E-state index in [0.717, 1.165) is 38.9 Å². The van der Waals surface area contributed by atoms with Crippen LogP contribution in [0.15, 0.2) is 0 Å². The summed E-state index contributed by atoms with van der Waals surface area (Å²) < 4.78 is 0. The standard InChI is InChI=1S/C15H26N4O2/c20-14(15(21)19-8-2-5-16-6-10-19)17-12-4-9-18-7-1-3-13(18)11-12/h12-13,16H,1-11H2,(H,17,20). The summed E-state index contributed by atoms with van der Waals surface area (Å²) in [6, 6.07) is 0.785. The Morgan fingerprint density at radius 3 is 2.81 bits per heavy atom. The number of piperidine rings is 1. The van der Waals surface area contributed by atoms with E-state index in [0.29, 0.717) is 19.1 Å². The Balaban J connectivity index is 1.49. The van der Waals surface area contributed by atoms with Crippen molar-refractivity contribution >= 4 is 11.8 Å². The molecule has 3 rings (SSSR count). The normalized spacial score (nSPS) is 30.6. The molecule has 118 valence electrons. The molecule has 0 saturated carbocycles. The van der Waals surface area contributed by atoms with Crippen molar-refractivity contribution in [3.05, 3.63) is 0 Å². The van der Waals surface area contributed by atoms with Crippen LogP contribution in [-0.2, 0) is 9.59 Å². The molecule has 2 unspecified atom stereocenters. The number of hydrogen-bond donors (Lipinski definition) is 2. The van der Waals surface area contributed by atoms with Gasteiger partial charge in [-0.2, -0.15) is 0 Å². The van der Waals surface area contributed by atoms with Crippen molar-refractivity contribution in [1.29, 1.82) is 0 Å². The molecule has 0 spiro atoms. The molecule has 21 heavy (non-hydrogen) atoms. The van der Waals surface area contributed by atoms with Crippen LogP contribution in [-0.4, -0.2) is 73.0 Å². The Hall–Kier alpha value is -1.14. The van der Waals surface area contributed by atoms with Crippen LogP contribution in [0, 0.1) is 0 Å². The second-order valence-corrected chi connectivity index (χ2v) is 6.42. The van der Waals surface area contributed by atoms with Crippen molar-refractivity contribution in [2.24, 2.45) is 0 Å². The molecule has 6 nitrogen and oxygen atoms in total. The highest BCUT2D eigenvalue weighted by atomic mass is 16.2. The van der Waals surface area contributed by atoms with Crippen molar-refractivity contribution < 1.29 is 9.59 Å². The number of nitrogens with one attached hydrogen (secondary N) is 2. The highest BCUT2D eigenvalue weighted by Crippen LogP contribution is 2.26. The molecule has 0 aromatic rings. The second kappa shape index (κ2) is 6.75. The molecule has 0 aliphatic carbocycles. The lowest BCUT2D eigenvalue weighted by Crippen LogP contribution is -2.51. The summed E-state index contributed by atoms with van der Waals surface area (Å²) in [5, 5.41) is 6.22. The molecule has 6 heteroatoms. The molecule has 3 aliphatic rings. The molecule has 3 heterocycles. The molecule has 2 atom stereocenters. The molecular formula is C15H26N4O2. The molecule has 0 radical (unpaired) electrons. The minimum absolute atomic E-state index is 0.172. The molecule has 2 amide bonds. The van der Waals surface area contributed by atoms with Crippen LogP contribution in [0.3, 0.4) is 0 Å². The van der Waals surface area contributed by atoms with Crippen molar-refractivity contribution in [3.8, 4) is 0 Å². The van der Waals surface area contributed by atoms with E-state index in [4.69, 9.17) is 0 Å². The molecular weight excluding hydrogens is 268 g/mol. The maximum absolute atomic E-state index is 12.2. The summed E-state index contributed by atoms with van der Waals surface area (Å²) in [6.45, 7) is 5.27. The zero-order valence-electron chi connectivity index (χ0n) is 12.6. The van der Waals surface area contributed by atoms with Crippen LogP contribution in [0.5, 0.6) is 0 Å². The lowest BCUT2D eigenvalue weighted by atomic mass is 9.97. The maximum atomic E-state index is 12.2. The van der Waals surface area contributed by atoms with Crippen molar-refractivity contribution in [2.75, 3.05) is 39.3 Å². The first-order valence-corrected chi connectivity index (χ1v) is 8.28. The van der Waals surface area contributed by atoms with Gasteiger partial charge in [0.2, 0.25) is 0 Å². The maximum Gasteiger partial charge on any atom is 0.311 e. The molecule has 2 N–H and O–H groups in total. The quantitative estimate of drug-likeness (QED) is 0.643. The van der Waals surface area contributed by atoms with Gasteiger partial charge in [-0.15, -0.1) is 0 Å². The third kappa shape index (κ3) is 3.55. The van der Waals surface area contributed by atoms with E-state index >= 15 is 0 Å². The Kier molecular flexibility index (Phi) is 4.75. The van der Waals surface area contributed by atoms with Crippen molar-refractivity contribution in [1.82, 2.24) is 20.4 Å². The Morgan fingerprint density at radius 2 is 1.90 bits per heavy atom. The number of fused-ring (bicyclic) bond motifs is 1. The molecule has 3 saturated heterocycles. The van der Waals surface area contributed by atoms with Crippen LogP contribution < -0.4 is 10.6 Å². The third-order valence-electron chi connectivity index (χ3n) is 4.98. The van der Waals surface area contributed by atoms with Gasteiger partial charge < -0.3 is 20.4 Å². The van der Waals surface area contributed by atoms with E-state index in [2.05, 4.69) is 15.5 Å². The summed E-state index contributed by atoms with van der Waals surface area (Å²) in [5.74, 6) is -0.763. The van der Waals surface area contributed by atoms with E-state index in [-0.39, 0.29) is 11.9 Å². The average molecular weight is 294 g/mol. The van der Waals surface area contributed by atoms with Gasteiger partial charge in [-0.3, -0.25) is 9.59 Å². The molecule has 0 aromatic heterocycles. The predicted octanol–water partition coefficient (Wildman–Crippen LogP) is -0.449. The minimum atomic E-state index is -0.409. The van der Waals surface area contributed by atoms with Gasteiger partial charge in [0.15, 0.2) is 0 Å². The zero-order valence-corrected chi connectivity index (χ0v) is 12.6. The Bertz CT molecular complexity index is 393. The number of nitrogens with zero attached hydrogens (tertiary/aromatic N) is 2. The van der Waals surface area contributed by atoms with E-state index in [1.807, 2.05) is 0 Å². The third-order valence-corrected chi connectivity index (χ3v) is 4.98. The van der Waals surface area contributed by atoms with Gasteiger partial charge in [0.1, 0.15) is 0 Å². The number of hydrogen-bond acceptors (Lipinski definition) is 4. The van der Waals surface area contributed by atoms with Gasteiger partial charge >= 0.3 is 11.8 Å². The SMILES string of the molecule is O=C(NC1CCN2CCCC2C1)C(=O)N1CCCNCC1. The topological polar surface area (TPSA) is 64.7 Å². The summed E-state index contributed by atoms with van der Waals surface area (Å²) in [5.41, 5.74) is 0. The first-order chi connectivity index (χ1) is 10.2. The summed E-state index contributed by atoms with van der Waals surface area (Å²) in [7, 11) is 0. The first-order valence-electron chi connectivity index (χ1n) is 8.28. The summed E-state index contributed by atoms with van der Waals surface area (Å²) in [4.78, 5) is 28.6.